The van der Waals surface area contributed by atoms with Crippen molar-refractivity contribution >= 4 is 35.0 Å². The SMILES string of the molecule is CN(c1ccncc1)c1ccc(CNC(=O)C=Cc2ccccc2Cl)cc1. The van der Waals surface area contributed by atoms with E-state index < -0.39 is 0 Å². The van der Waals surface area contributed by atoms with Crippen LogP contribution in [0.3, 0.4) is 0 Å². The summed E-state index contributed by atoms with van der Waals surface area (Å²) in [6, 6.07) is 19.4. The highest BCUT2D eigenvalue weighted by Crippen LogP contribution is 2.22. The van der Waals surface area contributed by atoms with E-state index in [0.29, 0.717) is 11.6 Å². The van der Waals surface area contributed by atoms with E-state index in [9.17, 15) is 4.79 Å². The van der Waals surface area contributed by atoms with E-state index in [1.54, 1.807) is 24.5 Å². The van der Waals surface area contributed by atoms with E-state index >= 15 is 0 Å². The highest BCUT2D eigenvalue weighted by molar-refractivity contribution is 6.32. The summed E-state index contributed by atoms with van der Waals surface area (Å²) < 4.78 is 0. The number of halogens is 1. The fourth-order valence-electron chi connectivity index (χ4n) is 2.58. The highest BCUT2D eigenvalue weighted by Gasteiger charge is 2.04. The average Bonchev–Trinajstić information content (AvgIpc) is 2.72. The van der Waals surface area contributed by atoms with E-state index in [4.69, 9.17) is 11.6 Å². The van der Waals surface area contributed by atoms with Crippen molar-refractivity contribution in [1.29, 1.82) is 0 Å². The quantitative estimate of drug-likeness (QED) is 0.625. The maximum absolute atomic E-state index is 12.0. The minimum atomic E-state index is -0.159. The van der Waals surface area contributed by atoms with Gasteiger partial charge in [-0.25, -0.2) is 0 Å². The van der Waals surface area contributed by atoms with Gasteiger partial charge in [-0.1, -0.05) is 41.9 Å². The molecule has 27 heavy (non-hydrogen) atoms. The first-order valence-corrected chi connectivity index (χ1v) is 8.94. The van der Waals surface area contributed by atoms with Crippen LogP contribution < -0.4 is 10.2 Å². The Kier molecular flexibility index (Phi) is 6.23. The molecule has 0 fully saturated rings. The van der Waals surface area contributed by atoms with Crippen molar-refractivity contribution in [2.24, 2.45) is 0 Å². The third kappa shape index (κ3) is 5.19. The molecule has 1 aromatic heterocycles. The van der Waals surface area contributed by atoms with E-state index in [1.165, 1.54) is 6.08 Å². The zero-order valence-electron chi connectivity index (χ0n) is 15.0. The number of carbonyl (C=O) groups excluding carboxylic acids is 1. The molecule has 136 valence electrons. The van der Waals surface area contributed by atoms with Crippen molar-refractivity contribution in [3.63, 3.8) is 0 Å². The van der Waals surface area contributed by atoms with Crippen LogP contribution in [-0.4, -0.2) is 17.9 Å². The molecule has 0 atom stereocenters. The second-order valence-corrected chi connectivity index (χ2v) is 6.41. The molecule has 3 aromatic rings. The molecule has 5 heteroatoms. The molecule has 0 saturated carbocycles. The van der Waals surface area contributed by atoms with Gasteiger partial charge in [-0.05, 0) is 47.5 Å². The molecule has 0 bridgehead atoms. The van der Waals surface area contributed by atoms with Crippen LogP contribution in [0.5, 0.6) is 0 Å². The third-order valence-electron chi connectivity index (χ3n) is 4.16. The number of amides is 1. The molecule has 0 aliphatic rings. The lowest BCUT2D eigenvalue weighted by Crippen LogP contribution is -2.20. The van der Waals surface area contributed by atoms with E-state index in [0.717, 1.165) is 22.5 Å². The predicted molar refractivity (Wildman–Crippen MR) is 111 cm³/mol. The Hall–Kier alpha value is -3.11. The van der Waals surface area contributed by atoms with Crippen molar-refractivity contribution in [2.45, 2.75) is 6.54 Å². The zero-order chi connectivity index (χ0) is 19.1. The summed E-state index contributed by atoms with van der Waals surface area (Å²) in [6.45, 7) is 0.463. The summed E-state index contributed by atoms with van der Waals surface area (Å²) in [6.07, 6.45) is 6.75. The Morgan fingerprint density at radius 1 is 1.04 bits per heavy atom. The maximum Gasteiger partial charge on any atom is 0.244 e. The summed E-state index contributed by atoms with van der Waals surface area (Å²) in [7, 11) is 2.01. The second kappa shape index (κ2) is 9.01. The van der Waals surface area contributed by atoms with Crippen LogP contribution in [0.1, 0.15) is 11.1 Å². The summed E-state index contributed by atoms with van der Waals surface area (Å²) in [4.78, 5) is 18.1. The Morgan fingerprint density at radius 2 is 1.70 bits per heavy atom. The molecule has 1 heterocycles. The summed E-state index contributed by atoms with van der Waals surface area (Å²) in [5, 5.41) is 3.50. The molecule has 1 N–H and O–H groups in total. The summed E-state index contributed by atoms with van der Waals surface area (Å²) in [5.74, 6) is -0.159. The maximum atomic E-state index is 12.0. The van der Waals surface area contributed by atoms with Gasteiger partial charge in [-0.15, -0.1) is 0 Å². The smallest absolute Gasteiger partial charge is 0.244 e. The van der Waals surface area contributed by atoms with Crippen molar-refractivity contribution < 1.29 is 4.79 Å². The Labute approximate surface area is 164 Å². The number of hydrogen-bond donors (Lipinski definition) is 1. The standard InChI is InChI=1S/C22H20ClN3O/c1-26(20-12-14-24-15-13-20)19-9-6-17(7-10-19)16-25-22(27)11-8-18-4-2-3-5-21(18)23/h2-15H,16H2,1H3,(H,25,27). The van der Waals surface area contributed by atoms with Gasteiger partial charge in [-0.2, -0.15) is 0 Å². The molecule has 0 spiro atoms. The van der Waals surface area contributed by atoms with Gasteiger partial charge in [-0.3, -0.25) is 9.78 Å². The van der Waals surface area contributed by atoms with Gasteiger partial charge in [0, 0.05) is 48.5 Å². The van der Waals surface area contributed by atoms with Gasteiger partial charge in [0.25, 0.3) is 0 Å². The van der Waals surface area contributed by atoms with Gasteiger partial charge in [0.2, 0.25) is 5.91 Å². The number of hydrogen-bond acceptors (Lipinski definition) is 3. The molecule has 4 nitrogen and oxygen atoms in total. The minimum Gasteiger partial charge on any atom is -0.348 e. The van der Waals surface area contributed by atoms with Crippen LogP contribution in [0.4, 0.5) is 11.4 Å². The second-order valence-electron chi connectivity index (χ2n) is 6.00. The van der Waals surface area contributed by atoms with Crippen molar-refractivity contribution in [2.75, 3.05) is 11.9 Å². The predicted octanol–water partition coefficient (Wildman–Crippen LogP) is 4.83. The summed E-state index contributed by atoms with van der Waals surface area (Å²) >= 11 is 6.07. The normalized spacial score (nSPS) is 10.7. The van der Waals surface area contributed by atoms with Gasteiger partial charge < -0.3 is 10.2 Å². The lowest BCUT2D eigenvalue weighted by Gasteiger charge is -2.19. The largest absolute Gasteiger partial charge is 0.348 e. The first-order chi connectivity index (χ1) is 13.1. The molecule has 0 aliphatic heterocycles. The van der Waals surface area contributed by atoms with Crippen LogP contribution in [0.25, 0.3) is 6.08 Å². The number of nitrogens with one attached hydrogen (secondary N) is 1. The zero-order valence-corrected chi connectivity index (χ0v) is 15.7. The van der Waals surface area contributed by atoms with Crippen LogP contribution in [0.2, 0.25) is 5.02 Å². The van der Waals surface area contributed by atoms with Gasteiger partial charge in [0.05, 0.1) is 0 Å². The number of rotatable bonds is 6. The molecule has 0 unspecified atom stereocenters. The summed E-state index contributed by atoms with van der Waals surface area (Å²) in [5.41, 5.74) is 3.98. The fraction of sp³-hybridized carbons (Fsp3) is 0.0909. The van der Waals surface area contributed by atoms with Gasteiger partial charge >= 0.3 is 0 Å². The molecular formula is C22H20ClN3O. The fourth-order valence-corrected chi connectivity index (χ4v) is 2.78. The Bertz CT molecular complexity index is 924. The minimum absolute atomic E-state index is 0.159. The number of benzene rings is 2. The molecule has 0 radical (unpaired) electrons. The number of anilines is 2. The van der Waals surface area contributed by atoms with Crippen molar-refractivity contribution in [1.82, 2.24) is 10.3 Å². The number of pyridine rings is 1. The number of aromatic nitrogens is 1. The topological polar surface area (TPSA) is 45.2 Å². The van der Waals surface area contributed by atoms with Crippen LogP contribution in [0.15, 0.2) is 79.1 Å². The van der Waals surface area contributed by atoms with E-state index in [-0.39, 0.29) is 5.91 Å². The van der Waals surface area contributed by atoms with Crippen LogP contribution >= 0.6 is 11.6 Å². The monoisotopic (exact) mass is 377 g/mol. The third-order valence-corrected chi connectivity index (χ3v) is 4.50. The lowest BCUT2D eigenvalue weighted by atomic mass is 10.2. The number of carbonyl (C=O) groups is 1. The molecule has 0 aliphatic carbocycles. The first-order valence-electron chi connectivity index (χ1n) is 8.56. The van der Waals surface area contributed by atoms with Gasteiger partial charge in [0.1, 0.15) is 0 Å². The van der Waals surface area contributed by atoms with Crippen molar-refractivity contribution in [3.8, 4) is 0 Å². The average molecular weight is 378 g/mol. The molecule has 1 amide bonds. The molecular weight excluding hydrogens is 358 g/mol. The molecule has 2 aromatic carbocycles. The first kappa shape index (κ1) is 18.7. The van der Waals surface area contributed by atoms with Crippen LogP contribution in [-0.2, 0) is 11.3 Å². The van der Waals surface area contributed by atoms with Crippen LogP contribution in [0, 0.1) is 0 Å². The Balaban J connectivity index is 1.56. The highest BCUT2D eigenvalue weighted by atomic mass is 35.5. The molecule has 0 saturated heterocycles. The van der Waals surface area contributed by atoms with E-state index in [2.05, 4.69) is 15.2 Å². The van der Waals surface area contributed by atoms with Gasteiger partial charge in [0.15, 0.2) is 0 Å². The lowest BCUT2D eigenvalue weighted by molar-refractivity contribution is -0.116. The molecule has 3 rings (SSSR count). The number of nitrogens with zero attached hydrogens (tertiary/aromatic N) is 2. The van der Waals surface area contributed by atoms with E-state index in [1.807, 2.05) is 61.6 Å². The Morgan fingerprint density at radius 3 is 2.41 bits per heavy atom. The van der Waals surface area contributed by atoms with Crippen molar-refractivity contribution in [3.05, 3.63) is 95.3 Å².